The van der Waals surface area contributed by atoms with Gasteiger partial charge in [0.15, 0.2) is 0 Å². The number of carbonyl (C=O) groups is 1. The molecule has 19 heavy (non-hydrogen) atoms. The Morgan fingerprint density at radius 1 is 1.58 bits per heavy atom. The fraction of sp³-hybridized carbons (Fsp3) is 0.333. The molecule has 2 aliphatic carbocycles. The van der Waals surface area contributed by atoms with Crippen LogP contribution in [0.4, 0.5) is 0 Å². The Balaban J connectivity index is 1.76. The van der Waals surface area contributed by atoms with Gasteiger partial charge in [0.25, 0.3) is 5.91 Å². The van der Waals surface area contributed by atoms with E-state index in [1.54, 1.807) is 25.4 Å². The number of nitrogens with one attached hydrogen (secondary N) is 1. The fourth-order valence-electron chi connectivity index (χ4n) is 2.31. The molecule has 4 heteroatoms. The first-order valence-electron chi connectivity index (χ1n) is 6.38. The van der Waals surface area contributed by atoms with Crippen LogP contribution in [0.5, 0.6) is 5.75 Å². The van der Waals surface area contributed by atoms with Crippen molar-refractivity contribution in [3.05, 3.63) is 48.0 Å². The van der Waals surface area contributed by atoms with Gasteiger partial charge in [-0.1, -0.05) is 13.0 Å². The molecule has 3 rings (SSSR count). The number of allylic oxidation sites excluding steroid dienone is 3. The number of fused-ring (bicyclic) bond motifs is 1. The summed E-state index contributed by atoms with van der Waals surface area (Å²) in [5.41, 5.74) is 0.704. The average Bonchev–Trinajstić information content (AvgIpc) is 3.09. The molecule has 1 fully saturated rings. The van der Waals surface area contributed by atoms with Gasteiger partial charge in [-0.25, -0.2) is 0 Å². The summed E-state index contributed by atoms with van der Waals surface area (Å²) in [5.74, 6) is 1.85. The van der Waals surface area contributed by atoms with Crippen molar-refractivity contribution in [2.75, 3.05) is 7.05 Å². The number of ether oxygens (including phenoxy) is 1. The second kappa shape index (κ2) is 4.23. The van der Waals surface area contributed by atoms with Crippen LogP contribution in [0.2, 0.25) is 0 Å². The van der Waals surface area contributed by atoms with Crippen molar-refractivity contribution < 1.29 is 9.53 Å². The lowest BCUT2D eigenvalue weighted by atomic mass is 10.0. The number of amides is 1. The molecule has 0 bridgehead atoms. The van der Waals surface area contributed by atoms with Crippen LogP contribution in [0.25, 0.3) is 0 Å². The third-order valence-electron chi connectivity index (χ3n) is 3.77. The summed E-state index contributed by atoms with van der Waals surface area (Å²) in [6.45, 7) is 2.25. The SMILES string of the molecule is CNC(=O)c1cc(OC2=CC3CC3(C)C=C2)ccn1. The first kappa shape index (κ1) is 12.0. The van der Waals surface area contributed by atoms with Crippen LogP contribution < -0.4 is 10.1 Å². The largest absolute Gasteiger partial charge is 0.458 e. The predicted octanol–water partition coefficient (Wildman–Crippen LogP) is 2.30. The lowest BCUT2D eigenvalue weighted by Gasteiger charge is -2.12. The van der Waals surface area contributed by atoms with Gasteiger partial charge in [0.2, 0.25) is 0 Å². The molecule has 0 saturated heterocycles. The van der Waals surface area contributed by atoms with Gasteiger partial charge >= 0.3 is 0 Å². The minimum absolute atomic E-state index is 0.214. The maximum atomic E-state index is 11.5. The quantitative estimate of drug-likeness (QED) is 0.902. The Morgan fingerprint density at radius 2 is 2.42 bits per heavy atom. The van der Waals surface area contributed by atoms with E-state index in [9.17, 15) is 4.79 Å². The van der Waals surface area contributed by atoms with Crippen LogP contribution in [0.3, 0.4) is 0 Å². The number of carbonyl (C=O) groups excluding carboxylic acids is 1. The number of hydrogen-bond donors (Lipinski definition) is 1. The third-order valence-corrected chi connectivity index (χ3v) is 3.77. The molecule has 0 aliphatic heterocycles. The average molecular weight is 256 g/mol. The Morgan fingerprint density at radius 3 is 3.16 bits per heavy atom. The Labute approximate surface area is 112 Å². The van der Waals surface area contributed by atoms with Crippen LogP contribution in [0.15, 0.2) is 42.3 Å². The Bertz CT molecular complexity index is 592. The van der Waals surface area contributed by atoms with Crippen LogP contribution in [-0.2, 0) is 0 Å². The second-order valence-corrected chi connectivity index (χ2v) is 5.28. The highest BCUT2D eigenvalue weighted by atomic mass is 16.5. The molecular weight excluding hydrogens is 240 g/mol. The van der Waals surface area contributed by atoms with E-state index in [0.29, 0.717) is 22.8 Å². The fourth-order valence-corrected chi connectivity index (χ4v) is 2.31. The van der Waals surface area contributed by atoms with E-state index in [1.807, 2.05) is 6.08 Å². The summed E-state index contributed by atoms with van der Waals surface area (Å²) in [5, 5.41) is 2.55. The monoisotopic (exact) mass is 256 g/mol. The van der Waals surface area contributed by atoms with Crippen molar-refractivity contribution in [3.8, 4) is 5.75 Å². The van der Waals surface area contributed by atoms with E-state index in [2.05, 4.69) is 29.4 Å². The predicted molar refractivity (Wildman–Crippen MR) is 71.7 cm³/mol. The van der Waals surface area contributed by atoms with Crippen molar-refractivity contribution in [2.24, 2.45) is 11.3 Å². The van der Waals surface area contributed by atoms with Gasteiger partial charge < -0.3 is 10.1 Å². The molecule has 1 saturated carbocycles. The van der Waals surface area contributed by atoms with Crippen molar-refractivity contribution in [3.63, 3.8) is 0 Å². The molecule has 1 aromatic heterocycles. The first-order valence-corrected chi connectivity index (χ1v) is 6.38. The molecule has 2 aliphatic rings. The van der Waals surface area contributed by atoms with Gasteiger partial charge in [-0.05, 0) is 36.0 Å². The van der Waals surface area contributed by atoms with Crippen molar-refractivity contribution >= 4 is 5.91 Å². The maximum Gasteiger partial charge on any atom is 0.269 e. The van der Waals surface area contributed by atoms with E-state index in [0.717, 1.165) is 5.76 Å². The van der Waals surface area contributed by atoms with E-state index in [1.165, 1.54) is 6.42 Å². The van der Waals surface area contributed by atoms with Crippen molar-refractivity contribution in [1.29, 1.82) is 0 Å². The number of aromatic nitrogens is 1. The highest BCUT2D eigenvalue weighted by molar-refractivity contribution is 5.92. The van der Waals surface area contributed by atoms with Crippen LogP contribution >= 0.6 is 0 Å². The lowest BCUT2D eigenvalue weighted by Crippen LogP contribution is -2.19. The van der Waals surface area contributed by atoms with Gasteiger partial charge in [-0.3, -0.25) is 9.78 Å². The molecule has 0 spiro atoms. The number of pyridine rings is 1. The minimum atomic E-state index is -0.214. The number of rotatable bonds is 3. The molecule has 1 N–H and O–H groups in total. The molecule has 0 radical (unpaired) electrons. The Hall–Kier alpha value is -2.10. The van der Waals surface area contributed by atoms with Gasteiger partial charge in [0, 0.05) is 19.3 Å². The van der Waals surface area contributed by atoms with Gasteiger partial charge in [0.05, 0.1) is 0 Å². The molecule has 2 atom stereocenters. The molecule has 1 heterocycles. The highest BCUT2D eigenvalue weighted by Crippen LogP contribution is 2.56. The van der Waals surface area contributed by atoms with Gasteiger partial charge in [0.1, 0.15) is 17.2 Å². The van der Waals surface area contributed by atoms with Crippen molar-refractivity contribution in [2.45, 2.75) is 13.3 Å². The zero-order chi connectivity index (χ0) is 13.5. The van der Waals surface area contributed by atoms with Crippen LogP contribution in [0, 0.1) is 11.3 Å². The minimum Gasteiger partial charge on any atom is -0.458 e. The van der Waals surface area contributed by atoms with E-state index in [-0.39, 0.29) is 5.91 Å². The molecule has 2 unspecified atom stereocenters. The van der Waals surface area contributed by atoms with Crippen LogP contribution in [-0.4, -0.2) is 17.9 Å². The molecule has 1 amide bonds. The molecule has 0 aromatic carbocycles. The first-order chi connectivity index (χ1) is 9.10. The normalized spacial score (nSPS) is 27.3. The van der Waals surface area contributed by atoms with E-state index >= 15 is 0 Å². The summed E-state index contributed by atoms with van der Waals surface area (Å²) in [7, 11) is 1.58. The topological polar surface area (TPSA) is 51.2 Å². The molecular formula is C15H16N2O2. The smallest absolute Gasteiger partial charge is 0.269 e. The summed E-state index contributed by atoms with van der Waals surface area (Å²) < 4.78 is 5.79. The summed E-state index contributed by atoms with van der Waals surface area (Å²) >= 11 is 0. The maximum absolute atomic E-state index is 11.5. The molecule has 1 aromatic rings. The zero-order valence-corrected chi connectivity index (χ0v) is 11.0. The van der Waals surface area contributed by atoms with Crippen molar-refractivity contribution in [1.82, 2.24) is 10.3 Å². The second-order valence-electron chi connectivity index (χ2n) is 5.28. The number of hydrogen-bond acceptors (Lipinski definition) is 3. The van der Waals surface area contributed by atoms with Gasteiger partial charge in [-0.2, -0.15) is 0 Å². The summed E-state index contributed by atoms with van der Waals surface area (Å²) in [6.07, 6.45) is 9.13. The molecule has 98 valence electrons. The molecule has 4 nitrogen and oxygen atoms in total. The Kier molecular flexibility index (Phi) is 2.66. The third kappa shape index (κ3) is 2.26. The summed E-state index contributed by atoms with van der Waals surface area (Å²) in [4.78, 5) is 15.5. The lowest BCUT2D eigenvalue weighted by molar-refractivity contribution is 0.0958. The number of nitrogens with zero attached hydrogens (tertiary/aromatic N) is 1. The van der Waals surface area contributed by atoms with E-state index in [4.69, 9.17) is 4.74 Å². The van der Waals surface area contributed by atoms with E-state index < -0.39 is 0 Å². The standard InChI is InChI=1S/C15H16N2O2/c1-15-5-3-11(7-10(15)9-15)19-12-4-6-17-13(8-12)14(18)16-2/h3-8,10H,9H2,1-2H3,(H,16,18). The zero-order valence-electron chi connectivity index (χ0n) is 11.0. The highest BCUT2D eigenvalue weighted by Gasteiger charge is 2.48. The summed E-state index contributed by atoms with van der Waals surface area (Å²) in [6, 6.07) is 3.40. The van der Waals surface area contributed by atoms with Crippen LogP contribution in [0.1, 0.15) is 23.8 Å². The van der Waals surface area contributed by atoms with Gasteiger partial charge in [-0.15, -0.1) is 0 Å².